The molecule has 0 bridgehead atoms. The Morgan fingerprint density at radius 2 is 1.92 bits per heavy atom. The number of nitrogens with two attached hydrogens (primary N) is 3. The number of aromatic nitrogens is 3. The lowest BCUT2D eigenvalue weighted by Gasteiger charge is -2.49. The summed E-state index contributed by atoms with van der Waals surface area (Å²) in [7, 11) is 0. The minimum Gasteiger partial charge on any atom is -0.478 e. The molecule has 19 heteroatoms. The lowest BCUT2D eigenvalue weighted by Crippen LogP contribution is -2.71. The van der Waals surface area contributed by atoms with E-state index in [1.54, 1.807) is 4.57 Å². The van der Waals surface area contributed by atoms with Crippen LogP contribution in [0.25, 0.3) is 5.69 Å². The number of hydrogen-bond donors (Lipinski definition) is 6. The van der Waals surface area contributed by atoms with Crippen LogP contribution in [0.15, 0.2) is 51.2 Å². The second kappa shape index (κ2) is 13.3. The Bertz CT molecular complexity index is 1910. The maximum absolute atomic E-state index is 13.4. The first-order chi connectivity index (χ1) is 22.6. The van der Waals surface area contributed by atoms with Crippen LogP contribution in [-0.4, -0.2) is 83.1 Å². The fourth-order valence-corrected chi connectivity index (χ4v) is 7.94. The van der Waals surface area contributed by atoms with Gasteiger partial charge in [0.2, 0.25) is 17.2 Å². The number of carboxylic acid groups (broad SMARTS) is 2. The zero-order chi connectivity index (χ0) is 35.1. The number of nitrogen functional groups attached to an aromatic ring is 3. The molecule has 0 saturated carbocycles. The van der Waals surface area contributed by atoms with Gasteiger partial charge in [0.1, 0.15) is 28.5 Å². The molecule has 16 nitrogen and oxygen atoms in total. The molecule has 48 heavy (non-hydrogen) atoms. The van der Waals surface area contributed by atoms with E-state index >= 15 is 0 Å². The summed E-state index contributed by atoms with van der Waals surface area (Å²) in [6, 6.07) is 6.29. The Kier molecular flexibility index (Phi) is 9.56. The second-order valence-corrected chi connectivity index (χ2v) is 14.3. The molecule has 4 heterocycles. The number of anilines is 3. The quantitative estimate of drug-likeness (QED) is 0.0409. The Morgan fingerprint density at radius 3 is 2.54 bits per heavy atom. The molecule has 2 aliphatic rings. The van der Waals surface area contributed by atoms with Crippen molar-refractivity contribution < 1.29 is 38.8 Å². The van der Waals surface area contributed by atoms with E-state index in [-0.39, 0.29) is 33.8 Å². The summed E-state index contributed by atoms with van der Waals surface area (Å²) in [6.45, 7) is 6.40. The summed E-state index contributed by atoms with van der Waals surface area (Å²) < 4.78 is 1.74. The highest BCUT2D eigenvalue weighted by molar-refractivity contribution is 8.01. The normalized spacial score (nSPS) is 17.9. The van der Waals surface area contributed by atoms with Crippen molar-refractivity contribution in [1.82, 2.24) is 20.2 Å². The first-order valence-corrected chi connectivity index (χ1v) is 17.1. The van der Waals surface area contributed by atoms with Crippen LogP contribution in [0.1, 0.15) is 30.7 Å². The van der Waals surface area contributed by atoms with Crippen LogP contribution in [0, 0.1) is 13.8 Å². The molecule has 0 spiro atoms. The number of oxime groups is 1. The molecule has 1 fully saturated rings. The summed E-state index contributed by atoms with van der Waals surface area (Å²) in [5.41, 5.74) is 19.0. The largest absolute Gasteiger partial charge is 0.478 e. The molecule has 2 atom stereocenters. The van der Waals surface area contributed by atoms with Gasteiger partial charge >= 0.3 is 17.1 Å². The van der Waals surface area contributed by atoms with E-state index in [0.717, 1.165) is 33.1 Å². The fourth-order valence-electron chi connectivity index (χ4n) is 4.87. The topological polar surface area (TPSA) is 253 Å². The van der Waals surface area contributed by atoms with Gasteiger partial charge in [-0.25, -0.2) is 14.6 Å². The number of thioether (sulfide) groups is 2. The number of carboxylic acids is 2. The highest BCUT2D eigenvalue weighted by atomic mass is 32.2. The molecular formula is C29H32N9O7S3+. The van der Waals surface area contributed by atoms with E-state index < -0.39 is 46.5 Å². The number of β-lactam (4-membered cyclic amide) rings is 1. The van der Waals surface area contributed by atoms with Crippen molar-refractivity contribution in [2.45, 2.75) is 49.9 Å². The third-order valence-corrected chi connectivity index (χ3v) is 10.4. The molecule has 3 aromatic rings. The predicted molar refractivity (Wildman–Crippen MR) is 180 cm³/mol. The Balaban J connectivity index is 1.37. The van der Waals surface area contributed by atoms with Crippen LogP contribution in [0.2, 0.25) is 0 Å². The minimum atomic E-state index is -1.78. The van der Waals surface area contributed by atoms with Crippen LogP contribution in [0.3, 0.4) is 0 Å². The average Bonchev–Trinajstić information content (AvgIpc) is 3.44. The van der Waals surface area contributed by atoms with E-state index in [2.05, 4.69) is 20.4 Å². The van der Waals surface area contributed by atoms with E-state index in [1.807, 2.05) is 32.0 Å². The molecule has 1 saturated heterocycles. The number of fused-ring (bicyclic) bond motifs is 1. The van der Waals surface area contributed by atoms with E-state index in [1.165, 1.54) is 48.8 Å². The van der Waals surface area contributed by atoms with Gasteiger partial charge in [-0.3, -0.25) is 14.5 Å². The number of benzene rings is 1. The number of nitrogens with one attached hydrogen (secondary N) is 1. The molecule has 2 aliphatic heterocycles. The third kappa shape index (κ3) is 6.74. The molecule has 9 N–H and O–H groups in total. The molecule has 2 amide bonds. The highest BCUT2D eigenvalue weighted by Gasteiger charge is 2.54. The van der Waals surface area contributed by atoms with Crippen molar-refractivity contribution in [2.75, 3.05) is 28.7 Å². The Morgan fingerprint density at radius 1 is 1.19 bits per heavy atom. The maximum Gasteiger partial charge on any atom is 0.352 e. The number of rotatable bonds is 11. The number of nitrogens with zero attached hydrogens (tertiary/aromatic N) is 5. The number of amides is 2. The van der Waals surface area contributed by atoms with Crippen LogP contribution in [-0.2, 0) is 24.0 Å². The van der Waals surface area contributed by atoms with E-state index in [4.69, 9.17) is 22.0 Å². The van der Waals surface area contributed by atoms with Crippen molar-refractivity contribution in [2.24, 2.45) is 5.16 Å². The third-order valence-electron chi connectivity index (χ3n) is 7.33. The summed E-state index contributed by atoms with van der Waals surface area (Å²) in [4.78, 5) is 65.6. The molecule has 5 rings (SSSR count). The maximum atomic E-state index is 13.4. The standard InChI is InChI=1S/C29H31N9O7S3/c1-12-5-6-16(13(2)7-12)37-18(31)8-17(30)34-28(37)48-10-14-9-46-24-20(23(40)38(24)21(14)25(41)42)35-22(39)19(15-11-47-27(32)33-15)36-45-29(3,4)26(43)44/h5-8,11,20,24H,9-10H2,1-4H3,(H8,30,31,32,33,35,39,41,42,43,44)/p+1/b36-19+/t20-,24-/m1/s1. The molecule has 0 aliphatic carbocycles. The van der Waals surface area contributed by atoms with Gasteiger partial charge in [-0.1, -0.05) is 27.8 Å². The average molecular weight is 715 g/mol. The van der Waals surface area contributed by atoms with E-state index in [0.29, 0.717) is 16.5 Å². The van der Waals surface area contributed by atoms with Gasteiger partial charge in [-0.15, -0.1) is 23.1 Å². The first kappa shape index (κ1) is 34.5. The van der Waals surface area contributed by atoms with Gasteiger partial charge < -0.3 is 37.6 Å². The highest BCUT2D eigenvalue weighted by Crippen LogP contribution is 2.41. The van der Waals surface area contributed by atoms with Crippen molar-refractivity contribution in [3.8, 4) is 5.69 Å². The van der Waals surface area contributed by atoms with Gasteiger partial charge in [-0.2, -0.15) is 4.57 Å². The first-order valence-electron chi connectivity index (χ1n) is 14.2. The number of aryl methyl sites for hydroxylation is 2. The number of carbonyl (C=O) groups excluding carboxylic acids is 2. The van der Waals surface area contributed by atoms with Gasteiger partial charge in [0.15, 0.2) is 10.8 Å². The fraction of sp³-hybridized carbons (Fsp3) is 0.310. The molecule has 1 aromatic carbocycles. The van der Waals surface area contributed by atoms with Crippen molar-refractivity contribution in [1.29, 1.82) is 0 Å². The zero-order valence-electron chi connectivity index (χ0n) is 26.1. The molecule has 0 unspecified atom stereocenters. The zero-order valence-corrected chi connectivity index (χ0v) is 28.5. The predicted octanol–water partition coefficient (Wildman–Crippen LogP) is 1.29. The summed E-state index contributed by atoms with van der Waals surface area (Å²) in [5, 5.41) is 27.2. The Hall–Kier alpha value is -4.88. The van der Waals surface area contributed by atoms with Crippen LogP contribution in [0.5, 0.6) is 0 Å². The van der Waals surface area contributed by atoms with Crippen LogP contribution >= 0.6 is 34.9 Å². The lowest BCUT2D eigenvalue weighted by atomic mass is 10.0. The van der Waals surface area contributed by atoms with Gasteiger partial charge in [0, 0.05) is 16.9 Å². The van der Waals surface area contributed by atoms with Gasteiger partial charge in [-0.05, 0) is 56.7 Å². The molecular weight excluding hydrogens is 683 g/mol. The molecule has 252 valence electrons. The van der Waals surface area contributed by atoms with Crippen molar-refractivity contribution in [3.63, 3.8) is 0 Å². The van der Waals surface area contributed by atoms with E-state index in [9.17, 15) is 29.4 Å². The summed E-state index contributed by atoms with van der Waals surface area (Å²) >= 11 is 3.52. The van der Waals surface area contributed by atoms with Gasteiger partial charge in [0.25, 0.3) is 11.8 Å². The SMILES string of the molecule is Cc1ccc(-[n+]2c(N)cc(N)nc2SCC2=C(C(=O)O)N3C(=O)[C@@H](NC(=O)/C(=N/OC(C)(C)C(=O)O)c4csc(N)n4)[C@H]3SC2)c(C)c1. The minimum absolute atomic E-state index is 0.00964. The smallest absolute Gasteiger partial charge is 0.352 e. The number of hydrogen-bond acceptors (Lipinski definition) is 14. The summed E-state index contributed by atoms with van der Waals surface area (Å²) in [5.74, 6) is -3.25. The number of carbonyl (C=O) groups is 4. The monoisotopic (exact) mass is 714 g/mol. The molecule has 0 radical (unpaired) electrons. The Labute approximate surface area is 286 Å². The van der Waals surface area contributed by atoms with Crippen LogP contribution in [0.4, 0.5) is 16.8 Å². The number of thiazole rings is 1. The number of aliphatic carboxylic acids is 2. The lowest BCUT2D eigenvalue weighted by molar-refractivity contribution is -0.626. The van der Waals surface area contributed by atoms with Crippen molar-refractivity contribution in [3.05, 3.63) is 57.7 Å². The summed E-state index contributed by atoms with van der Waals surface area (Å²) in [6.07, 6.45) is 0. The van der Waals surface area contributed by atoms with Crippen molar-refractivity contribution >= 4 is 81.1 Å². The second-order valence-electron chi connectivity index (χ2n) is 11.3. The molecule has 2 aromatic heterocycles. The van der Waals surface area contributed by atoms with Crippen LogP contribution < -0.4 is 27.1 Å². The van der Waals surface area contributed by atoms with Gasteiger partial charge in [0.05, 0.1) is 6.07 Å².